The lowest BCUT2D eigenvalue weighted by atomic mass is 9.95. The Balaban J connectivity index is 2.94. The number of ether oxygens (including phenoxy) is 1. The monoisotopic (exact) mass is 301 g/mol. The topological polar surface area (TPSA) is 58.6 Å². The Morgan fingerprint density at radius 2 is 2.00 bits per heavy atom. The van der Waals surface area contributed by atoms with Crippen molar-refractivity contribution in [2.45, 2.75) is 25.5 Å². The lowest BCUT2D eigenvalue weighted by Gasteiger charge is -2.32. The molecule has 0 spiro atoms. The van der Waals surface area contributed by atoms with Gasteiger partial charge in [0.2, 0.25) is 0 Å². The van der Waals surface area contributed by atoms with Gasteiger partial charge in [0.05, 0.1) is 6.10 Å². The highest BCUT2D eigenvalue weighted by Crippen LogP contribution is 2.22. The number of benzene rings is 1. The number of carboxylic acids is 1. The third-order valence-electron chi connectivity index (χ3n) is 2.86. The van der Waals surface area contributed by atoms with Crippen molar-refractivity contribution >= 4 is 27.6 Å². The number of methoxy groups -OCH3 is 1. The Bertz CT molecular complexity index is 393. The standard InChI is InChI=1S/C12H16BrNO3/c1-8(17-3)12(2,11(15)16)14-10-6-4-9(13)5-7-10/h4-8,14H,1-3H3,(H,15,16). The molecular formula is C12H16BrNO3. The van der Waals surface area contributed by atoms with Crippen LogP contribution in [-0.4, -0.2) is 29.8 Å². The van der Waals surface area contributed by atoms with Crippen LogP contribution in [0.2, 0.25) is 0 Å². The smallest absolute Gasteiger partial charge is 0.331 e. The molecule has 0 aliphatic heterocycles. The molecule has 2 N–H and O–H groups in total. The molecule has 0 amide bonds. The normalized spacial score (nSPS) is 16.0. The molecule has 5 heteroatoms. The van der Waals surface area contributed by atoms with E-state index in [1.807, 2.05) is 24.3 Å². The van der Waals surface area contributed by atoms with Gasteiger partial charge >= 0.3 is 5.97 Å². The van der Waals surface area contributed by atoms with E-state index in [1.54, 1.807) is 13.8 Å². The number of hydrogen-bond donors (Lipinski definition) is 2. The number of aliphatic carboxylic acids is 1. The number of anilines is 1. The van der Waals surface area contributed by atoms with E-state index in [0.29, 0.717) is 0 Å². The van der Waals surface area contributed by atoms with Crippen molar-refractivity contribution in [3.05, 3.63) is 28.7 Å². The SMILES string of the molecule is COC(C)C(C)(Nc1ccc(Br)cc1)C(=O)O. The van der Waals surface area contributed by atoms with Gasteiger partial charge < -0.3 is 15.2 Å². The van der Waals surface area contributed by atoms with Crippen LogP contribution in [0.4, 0.5) is 5.69 Å². The van der Waals surface area contributed by atoms with Gasteiger partial charge in [0.1, 0.15) is 0 Å². The average molecular weight is 302 g/mol. The summed E-state index contributed by atoms with van der Waals surface area (Å²) in [6.45, 7) is 3.32. The molecule has 0 aromatic heterocycles. The summed E-state index contributed by atoms with van der Waals surface area (Å²) < 4.78 is 6.06. The summed E-state index contributed by atoms with van der Waals surface area (Å²) >= 11 is 3.33. The van der Waals surface area contributed by atoms with Gasteiger partial charge in [-0.05, 0) is 38.1 Å². The fourth-order valence-electron chi connectivity index (χ4n) is 1.40. The first-order valence-corrected chi connectivity index (χ1v) is 5.99. The fourth-order valence-corrected chi connectivity index (χ4v) is 1.66. The van der Waals surface area contributed by atoms with E-state index in [9.17, 15) is 9.90 Å². The van der Waals surface area contributed by atoms with Crippen molar-refractivity contribution in [1.82, 2.24) is 0 Å². The van der Waals surface area contributed by atoms with Crippen molar-refractivity contribution in [1.29, 1.82) is 0 Å². The second-order valence-corrected chi connectivity index (χ2v) is 4.93. The maximum Gasteiger partial charge on any atom is 0.331 e. The van der Waals surface area contributed by atoms with Gasteiger partial charge in [0, 0.05) is 17.3 Å². The van der Waals surface area contributed by atoms with Crippen molar-refractivity contribution < 1.29 is 14.6 Å². The van der Waals surface area contributed by atoms with Crippen LogP contribution in [-0.2, 0) is 9.53 Å². The summed E-state index contributed by atoms with van der Waals surface area (Å²) in [7, 11) is 1.50. The first kappa shape index (κ1) is 14.0. The summed E-state index contributed by atoms with van der Waals surface area (Å²) in [5, 5.41) is 12.3. The Morgan fingerprint density at radius 1 is 1.47 bits per heavy atom. The van der Waals surface area contributed by atoms with Gasteiger partial charge in [-0.3, -0.25) is 0 Å². The third-order valence-corrected chi connectivity index (χ3v) is 3.39. The number of carboxylic acid groups (broad SMARTS) is 1. The molecule has 2 atom stereocenters. The highest BCUT2D eigenvalue weighted by atomic mass is 79.9. The molecule has 1 aromatic carbocycles. The highest BCUT2D eigenvalue weighted by Gasteiger charge is 2.39. The predicted octanol–water partition coefficient (Wildman–Crippen LogP) is 2.74. The number of halogens is 1. The lowest BCUT2D eigenvalue weighted by molar-refractivity contribution is -0.146. The van der Waals surface area contributed by atoms with Gasteiger partial charge in [-0.2, -0.15) is 0 Å². The van der Waals surface area contributed by atoms with Gasteiger partial charge in [-0.15, -0.1) is 0 Å². The molecule has 0 aliphatic rings. The van der Waals surface area contributed by atoms with Gasteiger partial charge in [-0.1, -0.05) is 15.9 Å². The summed E-state index contributed by atoms with van der Waals surface area (Å²) in [4.78, 5) is 11.3. The molecule has 94 valence electrons. The molecule has 0 radical (unpaired) electrons. The van der Waals surface area contributed by atoms with E-state index in [2.05, 4.69) is 21.2 Å². The minimum Gasteiger partial charge on any atom is -0.479 e. The molecule has 0 saturated heterocycles. The van der Waals surface area contributed by atoms with Crippen LogP contribution in [0.25, 0.3) is 0 Å². The number of hydrogen-bond acceptors (Lipinski definition) is 3. The van der Waals surface area contributed by atoms with Crippen LogP contribution >= 0.6 is 15.9 Å². The second kappa shape index (κ2) is 5.51. The molecule has 1 aromatic rings. The molecule has 0 fully saturated rings. The van der Waals surface area contributed by atoms with E-state index in [1.165, 1.54) is 7.11 Å². The van der Waals surface area contributed by atoms with E-state index in [0.717, 1.165) is 10.2 Å². The van der Waals surface area contributed by atoms with Crippen LogP contribution in [0.15, 0.2) is 28.7 Å². The van der Waals surface area contributed by atoms with E-state index >= 15 is 0 Å². The fraction of sp³-hybridized carbons (Fsp3) is 0.417. The number of rotatable bonds is 5. The van der Waals surface area contributed by atoms with Gasteiger partial charge in [-0.25, -0.2) is 4.79 Å². The van der Waals surface area contributed by atoms with Crippen LogP contribution in [0.5, 0.6) is 0 Å². The summed E-state index contributed by atoms with van der Waals surface area (Å²) in [5.74, 6) is -0.949. The molecule has 2 unspecified atom stereocenters. The molecular weight excluding hydrogens is 286 g/mol. The third kappa shape index (κ3) is 3.20. The molecule has 0 bridgehead atoms. The summed E-state index contributed by atoms with van der Waals surface area (Å²) in [5.41, 5.74) is -0.426. The number of nitrogens with one attached hydrogen (secondary N) is 1. The maximum absolute atomic E-state index is 11.3. The van der Waals surface area contributed by atoms with E-state index in [-0.39, 0.29) is 0 Å². The highest BCUT2D eigenvalue weighted by molar-refractivity contribution is 9.10. The average Bonchev–Trinajstić information content (AvgIpc) is 2.30. The summed E-state index contributed by atoms with van der Waals surface area (Å²) in [6.07, 6.45) is -0.455. The summed E-state index contributed by atoms with van der Waals surface area (Å²) in [6, 6.07) is 7.32. The van der Waals surface area contributed by atoms with Crippen LogP contribution in [0.1, 0.15) is 13.8 Å². The minimum atomic E-state index is -1.16. The van der Waals surface area contributed by atoms with Crippen molar-refractivity contribution in [2.24, 2.45) is 0 Å². The Morgan fingerprint density at radius 3 is 2.41 bits per heavy atom. The van der Waals surface area contributed by atoms with Gasteiger partial charge in [0.15, 0.2) is 5.54 Å². The minimum absolute atomic E-state index is 0.455. The first-order valence-electron chi connectivity index (χ1n) is 5.20. The van der Waals surface area contributed by atoms with Crippen LogP contribution < -0.4 is 5.32 Å². The van der Waals surface area contributed by atoms with E-state index in [4.69, 9.17) is 4.74 Å². The second-order valence-electron chi connectivity index (χ2n) is 4.02. The predicted molar refractivity (Wildman–Crippen MR) is 70.3 cm³/mol. The Kier molecular flexibility index (Phi) is 4.54. The molecule has 1 rings (SSSR count). The van der Waals surface area contributed by atoms with Gasteiger partial charge in [0.25, 0.3) is 0 Å². The Hall–Kier alpha value is -1.07. The lowest BCUT2D eigenvalue weighted by Crippen LogP contribution is -2.52. The van der Waals surface area contributed by atoms with E-state index < -0.39 is 17.6 Å². The zero-order valence-corrected chi connectivity index (χ0v) is 11.6. The largest absolute Gasteiger partial charge is 0.479 e. The molecule has 0 aliphatic carbocycles. The molecule has 0 heterocycles. The van der Waals surface area contributed by atoms with Crippen molar-refractivity contribution in [3.8, 4) is 0 Å². The Labute approximate surface area is 109 Å². The zero-order valence-electron chi connectivity index (χ0n) is 10.0. The first-order chi connectivity index (χ1) is 7.90. The quantitative estimate of drug-likeness (QED) is 0.878. The molecule has 17 heavy (non-hydrogen) atoms. The van der Waals surface area contributed by atoms with Crippen LogP contribution in [0.3, 0.4) is 0 Å². The van der Waals surface area contributed by atoms with Crippen molar-refractivity contribution in [3.63, 3.8) is 0 Å². The molecule has 0 saturated carbocycles. The zero-order chi connectivity index (χ0) is 13.1. The van der Waals surface area contributed by atoms with Crippen LogP contribution in [0, 0.1) is 0 Å². The maximum atomic E-state index is 11.3. The number of carbonyl (C=O) groups is 1. The molecule has 4 nitrogen and oxygen atoms in total. The van der Waals surface area contributed by atoms with Crippen molar-refractivity contribution in [2.75, 3.05) is 12.4 Å².